The molecular weight excluding hydrogens is 318 g/mol. The average Bonchev–Trinajstić information content (AvgIpc) is 2.45. The molecule has 0 spiro atoms. The van der Waals surface area contributed by atoms with Crippen LogP contribution in [0, 0.1) is 0 Å². The maximum absolute atomic E-state index is 9.56. The number of nitrogens with zero attached hydrogens (tertiary/aromatic N) is 3. The molecule has 0 aliphatic carbocycles. The van der Waals surface area contributed by atoms with Gasteiger partial charge in [0.15, 0.2) is 0 Å². The van der Waals surface area contributed by atoms with Crippen LogP contribution in [0.4, 0.5) is 0 Å². The highest BCUT2D eigenvalue weighted by Gasteiger charge is 2.12. The highest BCUT2D eigenvalue weighted by Crippen LogP contribution is 2.01. The number of rotatable bonds is 16. The second-order valence-corrected chi connectivity index (χ2v) is 7.62. The van der Waals surface area contributed by atoms with Crippen molar-refractivity contribution in [3.63, 3.8) is 0 Å². The van der Waals surface area contributed by atoms with E-state index in [2.05, 4.69) is 28.7 Å². The standard InChI is InChI=1S/C19H43N3O3/c1-6-9-21(14-17(2)23)12-7-10-20(5)11-8-13-22(15-18(3)24)16-19(4)25/h17-19,23-25H,6-16H2,1-5H3. The minimum absolute atomic E-state index is 0.266. The molecule has 0 aromatic rings. The summed E-state index contributed by atoms with van der Waals surface area (Å²) < 4.78 is 0. The van der Waals surface area contributed by atoms with Gasteiger partial charge in [0.1, 0.15) is 0 Å². The smallest absolute Gasteiger partial charge is 0.0639 e. The predicted octanol–water partition coefficient (Wildman–Crippen LogP) is 0.855. The van der Waals surface area contributed by atoms with E-state index in [1.54, 1.807) is 13.8 Å². The lowest BCUT2D eigenvalue weighted by atomic mass is 10.2. The minimum Gasteiger partial charge on any atom is -0.392 e. The lowest BCUT2D eigenvalue weighted by molar-refractivity contribution is 0.0811. The molecule has 0 aromatic carbocycles. The van der Waals surface area contributed by atoms with Gasteiger partial charge in [-0.3, -0.25) is 4.90 Å². The first-order valence-electron chi connectivity index (χ1n) is 9.92. The van der Waals surface area contributed by atoms with Gasteiger partial charge in [-0.25, -0.2) is 0 Å². The first-order chi connectivity index (χ1) is 11.7. The molecule has 0 saturated carbocycles. The van der Waals surface area contributed by atoms with Crippen molar-refractivity contribution in [2.75, 3.05) is 59.4 Å². The van der Waals surface area contributed by atoms with Crippen molar-refractivity contribution >= 4 is 0 Å². The van der Waals surface area contributed by atoms with E-state index in [0.29, 0.717) is 13.1 Å². The Labute approximate surface area is 155 Å². The van der Waals surface area contributed by atoms with Crippen LogP contribution in [-0.2, 0) is 0 Å². The van der Waals surface area contributed by atoms with Crippen molar-refractivity contribution in [3.05, 3.63) is 0 Å². The third-order valence-electron chi connectivity index (χ3n) is 4.14. The Balaban J connectivity index is 3.98. The van der Waals surface area contributed by atoms with E-state index in [1.165, 1.54) is 0 Å². The fourth-order valence-corrected chi connectivity index (χ4v) is 3.23. The molecule has 0 fully saturated rings. The van der Waals surface area contributed by atoms with Gasteiger partial charge >= 0.3 is 0 Å². The van der Waals surface area contributed by atoms with E-state index in [1.807, 2.05) is 6.92 Å². The van der Waals surface area contributed by atoms with Gasteiger partial charge < -0.3 is 25.1 Å². The van der Waals surface area contributed by atoms with Crippen molar-refractivity contribution in [1.82, 2.24) is 14.7 Å². The van der Waals surface area contributed by atoms with Crippen molar-refractivity contribution in [2.24, 2.45) is 0 Å². The number of aliphatic hydroxyl groups is 3. The molecule has 3 unspecified atom stereocenters. The van der Waals surface area contributed by atoms with Crippen LogP contribution in [0.3, 0.4) is 0 Å². The summed E-state index contributed by atoms with van der Waals surface area (Å²) >= 11 is 0. The van der Waals surface area contributed by atoms with Gasteiger partial charge in [0.05, 0.1) is 18.3 Å². The Morgan fingerprint density at radius 1 is 0.640 bits per heavy atom. The molecule has 0 aromatic heterocycles. The summed E-state index contributed by atoms with van der Waals surface area (Å²) in [6.07, 6.45) is 2.25. The Kier molecular flexibility index (Phi) is 14.7. The number of hydrogen-bond acceptors (Lipinski definition) is 6. The van der Waals surface area contributed by atoms with E-state index in [4.69, 9.17) is 0 Å². The predicted molar refractivity (Wildman–Crippen MR) is 105 cm³/mol. The minimum atomic E-state index is -0.366. The lowest BCUT2D eigenvalue weighted by Crippen LogP contribution is -2.38. The summed E-state index contributed by atoms with van der Waals surface area (Å²) in [6, 6.07) is 0. The molecule has 0 bridgehead atoms. The highest BCUT2D eigenvalue weighted by molar-refractivity contribution is 4.66. The highest BCUT2D eigenvalue weighted by atomic mass is 16.3. The first-order valence-corrected chi connectivity index (χ1v) is 9.92. The third kappa shape index (κ3) is 15.7. The molecule has 0 amide bonds. The lowest BCUT2D eigenvalue weighted by Gasteiger charge is -2.27. The van der Waals surface area contributed by atoms with Crippen LogP contribution in [0.2, 0.25) is 0 Å². The molecule has 0 saturated heterocycles. The van der Waals surface area contributed by atoms with Crippen molar-refractivity contribution in [1.29, 1.82) is 0 Å². The van der Waals surface area contributed by atoms with E-state index in [-0.39, 0.29) is 18.3 Å². The molecule has 0 radical (unpaired) electrons. The van der Waals surface area contributed by atoms with Gasteiger partial charge in [-0.15, -0.1) is 0 Å². The summed E-state index contributed by atoms with van der Waals surface area (Å²) in [5, 5.41) is 28.7. The Hall–Kier alpha value is -0.240. The van der Waals surface area contributed by atoms with Gasteiger partial charge in [0.2, 0.25) is 0 Å². The molecule has 152 valence electrons. The maximum atomic E-state index is 9.56. The van der Waals surface area contributed by atoms with Crippen LogP contribution in [0.25, 0.3) is 0 Å². The van der Waals surface area contributed by atoms with Crippen molar-refractivity contribution in [2.45, 2.75) is 65.3 Å². The summed E-state index contributed by atoms with van der Waals surface area (Å²) in [5.74, 6) is 0. The second-order valence-electron chi connectivity index (χ2n) is 7.62. The average molecular weight is 362 g/mol. The molecule has 0 aliphatic heterocycles. The maximum Gasteiger partial charge on any atom is 0.0639 e. The fraction of sp³-hybridized carbons (Fsp3) is 1.00. The molecule has 0 rings (SSSR count). The van der Waals surface area contributed by atoms with E-state index in [9.17, 15) is 15.3 Å². The van der Waals surface area contributed by atoms with Crippen LogP contribution in [0.1, 0.15) is 47.0 Å². The zero-order chi connectivity index (χ0) is 19.2. The molecule has 6 nitrogen and oxygen atoms in total. The Bertz CT molecular complexity index is 292. The van der Waals surface area contributed by atoms with Crippen molar-refractivity contribution in [3.8, 4) is 0 Å². The summed E-state index contributed by atoms with van der Waals surface area (Å²) in [6.45, 7) is 14.6. The van der Waals surface area contributed by atoms with Crippen molar-refractivity contribution < 1.29 is 15.3 Å². The normalized spacial score (nSPS) is 16.0. The second kappa shape index (κ2) is 14.9. The molecule has 3 N–H and O–H groups in total. The van der Waals surface area contributed by atoms with Crippen LogP contribution < -0.4 is 0 Å². The molecule has 0 heterocycles. The van der Waals surface area contributed by atoms with Crippen LogP contribution in [-0.4, -0.2) is 108 Å². The van der Waals surface area contributed by atoms with Gasteiger partial charge in [0.25, 0.3) is 0 Å². The summed E-state index contributed by atoms with van der Waals surface area (Å²) in [7, 11) is 2.15. The SMILES string of the molecule is CCCN(CCCN(C)CCCN(CC(C)O)CC(C)O)CC(C)O. The number of hydrogen-bond donors (Lipinski definition) is 3. The largest absolute Gasteiger partial charge is 0.392 e. The van der Waals surface area contributed by atoms with E-state index >= 15 is 0 Å². The third-order valence-corrected chi connectivity index (χ3v) is 4.14. The first kappa shape index (κ1) is 24.8. The quantitative estimate of drug-likeness (QED) is 0.379. The van der Waals surface area contributed by atoms with Gasteiger partial charge in [-0.05, 0) is 79.8 Å². The van der Waals surface area contributed by atoms with Crippen LogP contribution >= 0.6 is 0 Å². The van der Waals surface area contributed by atoms with E-state index in [0.717, 1.165) is 58.5 Å². The van der Waals surface area contributed by atoms with Gasteiger partial charge in [-0.1, -0.05) is 6.92 Å². The van der Waals surface area contributed by atoms with Gasteiger partial charge in [-0.2, -0.15) is 0 Å². The zero-order valence-electron chi connectivity index (χ0n) is 17.2. The molecule has 3 atom stereocenters. The summed E-state index contributed by atoms with van der Waals surface area (Å²) in [4.78, 5) is 6.82. The van der Waals surface area contributed by atoms with Crippen LogP contribution in [0.15, 0.2) is 0 Å². The van der Waals surface area contributed by atoms with Gasteiger partial charge in [0, 0.05) is 19.6 Å². The Morgan fingerprint density at radius 2 is 1.04 bits per heavy atom. The topological polar surface area (TPSA) is 70.4 Å². The van der Waals surface area contributed by atoms with E-state index < -0.39 is 0 Å². The molecule has 0 aliphatic rings. The zero-order valence-corrected chi connectivity index (χ0v) is 17.2. The summed E-state index contributed by atoms with van der Waals surface area (Å²) in [5.41, 5.74) is 0. The fourth-order valence-electron chi connectivity index (χ4n) is 3.23. The number of aliphatic hydroxyl groups excluding tert-OH is 3. The Morgan fingerprint density at radius 3 is 1.44 bits per heavy atom. The molecular formula is C19H43N3O3. The monoisotopic (exact) mass is 361 g/mol. The van der Waals surface area contributed by atoms with Crippen LogP contribution in [0.5, 0.6) is 0 Å². The molecule has 25 heavy (non-hydrogen) atoms. The molecule has 6 heteroatoms.